The number of fused-ring (bicyclic) bond motifs is 1. The van der Waals surface area contributed by atoms with Gasteiger partial charge in [-0.2, -0.15) is 0 Å². The minimum Gasteiger partial charge on any atom is -0.496 e. The first-order chi connectivity index (χ1) is 15.8. The molecule has 1 aromatic heterocycles. The van der Waals surface area contributed by atoms with Crippen LogP contribution in [0.15, 0.2) is 57.4 Å². The van der Waals surface area contributed by atoms with Crippen molar-refractivity contribution in [2.45, 2.75) is 13.8 Å². The molecule has 1 amide bonds. The molecule has 0 aliphatic heterocycles. The molecule has 0 aliphatic carbocycles. The van der Waals surface area contributed by atoms with Gasteiger partial charge in [0.1, 0.15) is 11.3 Å². The van der Waals surface area contributed by atoms with Crippen molar-refractivity contribution in [2.24, 2.45) is 0 Å². The molecule has 0 spiro atoms. The Labute approximate surface area is 209 Å². The number of benzene rings is 3. The van der Waals surface area contributed by atoms with E-state index < -0.39 is 0 Å². The van der Waals surface area contributed by atoms with Crippen LogP contribution in [-0.4, -0.2) is 23.1 Å². The van der Waals surface area contributed by atoms with Gasteiger partial charge < -0.3 is 14.5 Å². The average molecular weight is 545 g/mol. The normalized spacial score (nSPS) is 10.8. The van der Waals surface area contributed by atoms with Crippen LogP contribution in [0, 0.1) is 13.8 Å². The average Bonchev–Trinajstić information content (AvgIpc) is 3.17. The second kappa shape index (κ2) is 9.51. The highest BCUT2D eigenvalue weighted by Crippen LogP contribution is 2.32. The zero-order chi connectivity index (χ0) is 23.7. The summed E-state index contributed by atoms with van der Waals surface area (Å²) >= 11 is 14.9. The number of nitrogens with one attached hydrogen (secondary N) is 2. The SMILES string of the molecule is COc1c(C)cc(Br)cc1C(=O)NC(=S)Nc1cccc(-c2nc3cc(Cl)ccc3o2)c1C. The summed E-state index contributed by atoms with van der Waals surface area (Å²) < 4.78 is 12.1. The summed E-state index contributed by atoms with van der Waals surface area (Å²) in [5.41, 5.74) is 4.91. The number of thiocarbonyl (C=S) groups is 1. The molecule has 2 N–H and O–H groups in total. The van der Waals surface area contributed by atoms with Gasteiger partial charge in [0.2, 0.25) is 5.89 Å². The second-order valence-electron chi connectivity index (χ2n) is 7.32. The zero-order valence-corrected chi connectivity index (χ0v) is 21.1. The van der Waals surface area contributed by atoms with Crippen LogP contribution in [-0.2, 0) is 0 Å². The second-order valence-corrected chi connectivity index (χ2v) is 9.08. The fourth-order valence-electron chi connectivity index (χ4n) is 3.51. The summed E-state index contributed by atoms with van der Waals surface area (Å²) in [7, 11) is 1.53. The molecule has 3 aromatic carbocycles. The molecule has 0 unspecified atom stereocenters. The predicted molar refractivity (Wildman–Crippen MR) is 138 cm³/mol. The van der Waals surface area contributed by atoms with E-state index in [2.05, 4.69) is 31.5 Å². The lowest BCUT2D eigenvalue weighted by Gasteiger charge is -2.15. The first kappa shape index (κ1) is 23.2. The van der Waals surface area contributed by atoms with Crippen LogP contribution < -0.4 is 15.4 Å². The Morgan fingerprint density at radius 1 is 1.18 bits per heavy atom. The molecule has 1 heterocycles. The molecule has 6 nitrogen and oxygen atoms in total. The van der Waals surface area contributed by atoms with Gasteiger partial charge in [-0.05, 0) is 79.7 Å². The Morgan fingerprint density at radius 3 is 2.73 bits per heavy atom. The fourth-order valence-corrected chi connectivity index (χ4v) is 4.45. The van der Waals surface area contributed by atoms with Crippen LogP contribution in [0.2, 0.25) is 5.02 Å². The zero-order valence-electron chi connectivity index (χ0n) is 18.0. The number of oxazole rings is 1. The summed E-state index contributed by atoms with van der Waals surface area (Å²) in [6, 6.07) is 14.5. The van der Waals surface area contributed by atoms with Crippen molar-refractivity contribution >= 4 is 67.6 Å². The summed E-state index contributed by atoms with van der Waals surface area (Å²) in [4.78, 5) is 17.4. The third-order valence-electron chi connectivity index (χ3n) is 5.08. The number of hydrogen-bond acceptors (Lipinski definition) is 5. The molecule has 0 aliphatic rings. The van der Waals surface area contributed by atoms with E-state index in [0.29, 0.717) is 33.3 Å². The number of ether oxygens (including phenoxy) is 1. The number of aryl methyl sites for hydroxylation is 1. The fraction of sp³-hybridized carbons (Fsp3) is 0.125. The van der Waals surface area contributed by atoms with Crippen LogP contribution in [0.5, 0.6) is 5.75 Å². The Kier molecular flexibility index (Phi) is 6.69. The number of methoxy groups -OCH3 is 1. The molecule has 9 heteroatoms. The maximum atomic E-state index is 12.9. The molecule has 0 radical (unpaired) electrons. The van der Waals surface area contributed by atoms with Gasteiger partial charge in [0.15, 0.2) is 10.7 Å². The Balaban J connectivity index is 1.56. The van der Waals surface area contributed by atoms with Crippen molar-refractivity contribution in [1.82, 2.24) is 10.3 Å². The van der Waals surface area contributed by atoms with Crippen LogP contribution in [0.3, 0.4) is 0 Å². The number of carbonyl (C=O) groups is 1. The highest BCUT2D eigenvalue weighted by molar-refractivity contribution is 9.10. The van der Waals surface area contributed by atoms with Crippen LogP contribution in [0.1, 0.15) is 21.5 Å². The molecule has 4 rings (SSSR count). The minimum atomic E-state index is -0.376. The number of anilines is 1. The number of rotatable bonds is 4. The van der Waals surface area contributed by atoms with Gasteiger partial charge in [-0.25, -0.2) is 4.98 Å². The van der Waals surface area contributed by atoms with Crippen molar-refractivity contribution in [1.29, 1.82) is 0 Å². The van der Waals surface area contributed by atoms with Gasteiger partial charge in [-0.3, -0.25) is 10.1 Å². The molecule has 0 bridgehead atoms. The number of aromatic nitrogens is 1. The Hall–Kier alpha value is -2.94. The number of amides is 1. The lowest BCUT2D eigenvalue weighted by molar-refractivity contribution is 0.0974. The largest absolute Gasteiger partial charge is 0.496 e. The monoisotopic (exact) mass is 543 g/mol. The third-order valence-corrected chi connectivity index (χ3v) is 5.97. The van der Waals surface area contributed by atoms with E-state index in [1.54, 1.807) is 24.3 Å². The van der Waals surface area contributed by atoms with E-state index in [4.69, 9.17) is 33.0 Å². The van der Waals surface area contributed by atoms with Crippen LogP contribution in [0.4, 0.5) is 5.69 Å². The molecule has 0 saturated heterocycles. The molecule has 0 atom stereocenters. The van der Waals surface area contributed by atoms with E-state index in [9.17, 15) is 4.79 Å². The Morgan fingerprint density at radius 2 is 1.97 bits per heavy atom. The molecule has 33 heavy (non-hydrogen) atoms. The van der Waals surface area contributed by atoms with Crippen molar-refractivity contribution in [3.63, 3.8) is 0 Å². The lowest BCUT2D eigenvalue weighted by Crippen LogP contribution is -2.34. The summed E-state index contributed by atoms with van der Waals surface area (Å²) in [5.74, 6) is 0.587. The van der Waals surface area contributed by atoms with Gasteiger partial charge in [-0.1, -0.05) is 33.6 Å². The van der Waals surface area contributed by atoms with Crippen molar-refractivity contribution in [3.05, 3.63) is 74.7 Å². The van der Waals surface area contributed by atoms with E-state index >= 15 is 0 Å². The first-order valence-corrected chi connectivity index (χ1v) is 11.5. The maximum Gasteiger partial charge on any atom is 0.261 e. The van der Waals surface area contributed by atoms with Crippen molar-refractivity contribution < 1.29 is 13.9 Å². The molecule has 4 aromatic rings. The van der Waals surface area contributed by atoms with E-state index in [1.165, 1.54) is 7.11 Å². The third kappa shape index (κ3) is 4.88. The lowest BCUT2D eigenvalue weighted by atomic mass is 10.1. The summed E-state index contributed by atoms with van der Waals surface area (Å²) in [5, 5.41) is 6.55. The number of halogens is 2. The quantitative estimate of drug-likeness (QED) is 0.280. The smallest absolute Gasteiger partial charge is 0.261 e. The summed E-state index contributed by atoms with van der Waals surface area (Å²) in [6.07, 6.45) is 0. The van der Waals surface area contributed by atoms with Gasteiger partial charge in [0.25, 0.3) is 5.91 Å². The predicted octanol–water partition coefficient (Wildman–Crippen LogP) is 6.66. The molecule has 168 valence electrons. The van der Waals surface area contributed by atoms with E-state index in [0.717, 1.165) is 26.9 Å². The van der Waals surface area contributed by atoms with Crippen molar-refractivity contribution in [2.75, 3.05) is 12.4 Å². The maximum absolute atomic E-state index is 12.9. The van der Waals surface area contributed by atoms with Gasteiger partial charge in [0.05, 0.1) is 12.7 Å². The highest BCUT2D eigenvalue weighted by Gasteiger charge is 2.18. The van der Waals surface area contributed by atoms with Gasteiger partial charge in [-0.15, -0.1) is 0 Å². The summed E-state index contributed by atoms with van der Waals surface area (Å²) in [6.45, 7) is 3.79. The molecule has 0 saturated carbocycles. The Bertz CT molecular complexity index is 1400. The van der Waals surface area contributed by atoms with E-state index in [1.807, 2.05) is 38.1 Å². The first-order valence-electron chi connectivity index (χ1n) is 9.89. The number of carbonyl (C=O) groups excluding carboxylic acids is 1. The van der Waals surface area contributed by atoms with Crippen LogP contribution >= 0.6 is 39.7 Å². The molecular weight excluding hydrogens is 526 g/mol. The van der Waals surface area contributed by atoms with Crippen molar-refractivity contribution in [3.8, 4) is 17.2 Å². The van der Waals surface area contributed by atoms with E-state index in [-0.39, 0.29) is 11.0 Å². The topological polar surface area (TPSA) is 76.4 Å². The number of hydrogen-bond donors (Lipinski definition) is 2. The van der Waals surface area contributed by atoms with Gasteiger partial charge >= 0.3 is 0 Å². The van der Waals surface area contributed by atoms with Crippen LogP contribution in [0.25, 0.3) is 22.6 Å². The minimum absolute atomic E-state index is 0.157. The highest BCUT2D eigenvalue weighted by atomic mass is 79.9. The number of nitrogens with zero attached hydrogens (tertiary/aromatic N) is 1. The standard InChI is InChI=1S/C24H19BrClN3O3S/c1-12-9-14(25)10-17(21(12)31-3)22(30)29-24(33)28-18-6-4-5-16(13(18)2)23-27-19-11-15(26)7-8-20(19)32-23/h4-11H,1-3H3,(H2,28,29,30,33). The molecular formula is C24H19BrClN3O3S. The van der Waals surface area contributed by atoms with Gasteiger partial charge in [0, 0.05) is 20.7 Å². The molecule has 0 fully saturated rings.